The summed E-state index contributed by atoms with van der Waals surface area (Å²) in [5.74, 6) is 0. The maximum Gasteiger partial charge on any atom is 0.0169 e. The Labute approximate surface area is 92.2 Å². The molecule has 2 aromatic heterocycles. The molecule has 1 aliphatic carbocycles. The number of fused-ring (bicyclic) bond motifs is 2. The lowest BCUT2D eigenvalue weighted by Crippen LogP contribution is -1.99. The van der Waals surface area contributed by atoms with E-state index in [9.17, 15) is 0 Å². The normalized spacial score (nSPS) is 13.9. The quantitative estimate of drug-likeness (QED) is 0.538. The zero-order valence-electron chi connectivity index (χ0n) is 8.39. The summed E-state index contributed by atoms with van der Waals surface area (Å²) in [5.41, 5.74) is 3.13. The molecule has 0 saturated heterocycles. The third-order valence-electron chi connectivity index (χ3n) is 2.74. The van der Waals surface area contributed by atoms with Crippen LogP contribution in [0.3, 0.4) is 0 Å². The van der Waals surface area contributed by atoms with Crippen molar-refractivity contribution in [1.29, 1.82) is 0 Å². The predicted molar refractivity (Wildman–Crippen MR) is 63.7 cm³/mol. The lowest BCUT2D eigenvalue weighted by atomic mass is 9.98. The topological polar surface area (TPSA) is 0 Å². The Morgan fingerprint density at radius 2 is 1.36 bits per heavy atom. The molecule has 0 saturated carbocycles. The Hall–Kier alpha value is -0.600. The van der Waals surface area contributed by atoms with E-state index in [0.717, 1.165) is 0 Å². The van der Waals surface area contributed by atoms with Crippen molar-refractivity contribution in [1.82, 2.24) is 0 Å². The Morgan fingerprint density at radius 1 is 0.857 bits per heavy atom. The van der Waals surface area contributed by atoms with E-state index in [1.807, 2.05) is 22.7 Å². The number of thiophene rings is 2. The van der Waals surface area contributed by atoms with Crippen molar-refractivity contribution in [3.8, 4) is 0 Å². The summed E-state index contributed by atoms with van der Waals surface area (Å²) in [7, 11) is 0. The molecular formula is C12H12S2. The van der Waals surface area contributed by atoms with Gasteiger partial charge in [-0.05, 0) is 43.5 Å². The average molecular weight is 220 g/mol. The van der Waals surface area contributed by atoms with Gasteiger partial charge < -0.3 is 0 Å². The number of hydrogen-bond donors (Lipinski definition) is 0. The first-order chi connectivity index (χ1) is 6.72. The minimum Gasteiger partial charge on any atom is -0.145 e. The van der Waals surface area contributed by atoms with Crippen LogP contribution in [0, 0.1) is 13.8 Å². The predicted octanol–water partition coefficient (Wildman–Crippen LogP) is 3.92. The van der Waals surface area contributed by atoms with Crippen molar-refractivity contribution in [3.05, 3.63) is 42.8 Å². The number of hydrogen-bond acceptors (Lipinski definition) is 2. The lowest BCUT2D eigenvalue weighted by Gasteiger charge is -2.10. The highest BCUT2D eigenvalue weighted by Crippen LogP contribution is 2.36. The molecule has 14 heavy (non-hydrogen) atoms. The molecule has 0 nitrogen and oxygen atoms in total. The van der Waals surface area contributed by atoms with E-state index in [0.29, 0.717) is 0 Å². The van der Waals surface area contributed by atoms with Crippen LogP contribution in [0.5, 0.6) is 0 Å². The van der Waals surface area contributed by atoms with E-state index < -0.39 is 0 Å². The van der Waals surface area contributed by atoms with Crippen LogP contribution in [0.1, 0.15) is 30.6 Å². The van der Waals surface area contributed by atoms with Crippen LogP contribution in [0.15, 0.2) is 12.1 Å². The van der Waals surface area contributed by atoms with E-state index in [1.54, 1.807) is 20.9 Å². The Balaban J connectivity index is 2.10. The second-order valence-electron chi connectivity index (χ2n) is 3.96. The van der Waals surface area contributed by atoms with Crippen LogP contribution in [0.4, 0.5) is 0 Å². The number of rotatable bonds is 0. The lowest BCUT2D eigenvalue weighted by molar-refractivity contribution is 1.06. The van der Waals surface area contributed by atoms with Gasteiger partial charge in [-0.1, -0.05) is 0 Å². The zero-order chi connectivity index (χ0) is 9.71. The first kappa shape index (κ1) is 8.69. The minimum absolute atomic E-state index is 1.17. The molecule has 0 spiro atoms. The zero-order valence-corrected chi connectivity index (χ0v) is 10.0. The van der Waals surface area contributed by atoms with Crippen LogP contribution < -0.4 is 0 Å². The summed E-state index contributed by atoms with van der Waals surface area (Å²) in [6, 6.07) is 4.71. The van der Waals surface area contributed by atoms with Crippen LogP contribution in [-0.2, 0) is 12.8 Å². The smallest absolute Gasteiger partial charge is 0.0169 e. The average Bonchev–Trinajstić information content (AvgIpc) is 2.59. The van der Waals surface area contributed by atoms with E-state index in [-0.39, 0.29) is 0 Å². The van der Waals surface area contributed by atoms with Crippen molar-refractivity contribution >= 4 is 22.7 Å². The van der Waals surface area contributed by atoms with Crippen molar-refractivity contribution in [3.63, 3.8) is 0 Å². The molecule has 72 valence electrons. The van der Waals surface area contributed by atoms with Crippen molar-refractivity contribution in [2.24, 2.45) is 0 Å². The fourth-order valence-electron chi connectivity index (χ4n) is 2.18. The molecule has 0 unspecified atom stereocenters. The molecule has 0 amide bonds. The standard InChI is InChI=1S/C12H12S2/c1-7-3-9-5-10-4-8(2)14-12(10)6-11(9)13-7/h3-4H,5-6H2,1-2H3. The third-order valence-corrected chi connectivity index (χ3v) is 4.93. The minimum atomic E-state index is 1.17. The van der Waals surface area contributed by atoms with Crippen LogP contribution in [0.2, 0.25) is 0 Å². The van der Waals surface area contributed by atoms with Crippen molar-refractivity contribution in [2.75, 3.05) is 0 Å². The summed E-state index contributed by atoms with van der Waals surface area (Å²) in [6.07, 6.45) is 2.35. The highest BCUT2D eigenvalue weighted by molar-refractivity contribution is 7.13. The van der Waals surface area contributed by atoms with Gasteiger partial charge in [0.2, 0.25) is 0 Å². The Kier molecular flexibility index (Phi) is 1.83. The highest BCUT2D eigenvalue weighted by Gasteiger charge is 2.19. The van der Waals surface area contributed by atoms with Gasteiger partial charge in [0, 0.05) is 25.9 Å². The molecular weight excluding hydrogens is 208 g/mol. The SMILES string of the molecule is Cc1cc2c(s1)Cc1sc(C)cc1C2. The molecule has 0 bridgehead atoms. The molecule has 0 aromatic carbocycles. The highest BCUT2D eigenvalue weighted by atomic mass is 32.1. The summed E-state index contributed by atoms with van der Waals surface area (Å²) >= 11 is 3.94. The number of aryl methyl sites for hydroxylation is 2. The van der Waals surface area contributed by atoms with Gasteiger partial charge in [-0.15, -0.1) is 22.7 Å². The van der Waals surface area contributed by atoms with Gasteiger partial charge >= 0.3 is 0 Å². The maximum atomic E-state index is 2.36. The Bertz CT molecular complexity index is 403. The van der Waals surface area contributed by atoms with Crippen molar-refractivity contribution in [2.45, 2.75) is 26.7 Å². The summed E-state index contributed by atoms with van der Waals surface area (Å²) in [6.45, 7) is 4.42. The monoisotopic (exact) mass is 220 g/mol. The van der Waals surface area contributed by atoms with Gasteiger partial charge in [-0.2, -0.15) is 0 Å². The molecule has 0 fully saturated rings. The van der Waals surface area contributed by atoms with E-state index in [2.05, 4.69) is 26.0 Å². The largest absolute Gasteiger partial charge is 0.145 e. The molecule has 1 aliphatic rings. The molecule has 0 aliphatic heterocycles. The Morgan fingerprint density at radius 3 is 1.86 bits per heavy atom. The van der Waals surface area contributed by atoms with Gasteiger partial charge in [0.15, 0.2) is 0 Å². The molecule has 2 heteroatoms. The summed E-state index contributed by atoms with van der Waals surface area (Å²) in [5, 5.41) is 0. The van der Waals surface area contributed by atoms with Gasteiger partial charge in [0.25, 0.3) is 0 Å². The molecule has 0 atom stereocenters. The van der Waals surface area contributed by atoms with Gasteiger partial charge in [-0.3, -0.25) is 0 Å². The summed E-state index contributed by atoms with van der Waals surface area (Å²) in [4.78, 5) is 6.11. The molecule has 3 rings (SSSR count). The molecule has 2 aromatic rings. The molecule has 2 heterocycles. The van der Waals surface area contributed by atoms with Gasteiger partial charge in [0.05, 0.1) is 0 Å². The fraction of sp³-hybridized carbons (Fsp3) is 0.333. The fourth-order valence-corrected chi connectivity index (χ4v) is 4.41. The summed E-state index contributed by atoms with van der Waals surface area (Å²) < 4.78 is 0. The second kappa shape index (κ2) is 2.94. The first-order valence-electron chi connectivity index (χ1n) is 4.89. The molecule has 0 N–H and O–H groups in total. The van der Waals surface area contributed by atoms with E-state index in [1.165, 1.54) is 22.6 Å². The third kappa shape index (κ3) is 1.25. The van der Waals surface area contributed by atoms with Gasteiger partial charge in [0.1, 0.15) is 0 Å². The first-order valence-corrected chi connectivity index (χ1v) is 6.52. The van der Waals surface area contributed by atoms with E-state index >= 15 is 0 Å². The van der Waals surface area contributed by atoms with Gasteiger partial charge in [-0.25, -0.2) is 0 Å². The van der Waals surface area contributed by atoms with Crippen molar-refractivity contribution < 1.29 is 0 Å². The van der Waals surface area contributed by atoms with Crippen LogP contribution >= 0.6 is 22.7 Å². The van der Waals surface area contributed by atoms with Crippen LogP contribution in [0.25, 0.3) is 0 Å². The molecule has 0 radical (unpaired) electrons. The maximum absolute atomic E-state index is 2.36. The second-order valence-corrected chi connectivity index (χ2v) is 6.65. The van der Waals surface area contributed by atoms with E-state index in [4.69, 9.17) is 0 Å². The van der Waals surface area contributed by atoms with Crippen LogP contribution in [-0.4, -0.2) is 0 Å².